The number of carbonyl (C=O) groups excluding carboxylic acids is 1. The number of nitro benzene ring substituents is 1. The fraction of sp³-hybridized carbons (Fsp3) is 0.143. The van der Waals surface area contributed by atoms with E-state index in [0.29, 0.717) is 5.82 Å². The summed E-state index contributed by atoms with van der Waals surface area (Å²) in [7, 11) is 0. The van der Waals surface area contributed by atoms with Crippen LogP contribution < -0.4 is 10.3 Å². The maximum absolute atomic E-state index is 12.2. The number of aromatic nitrogens is 1. The molecule has 0 aliphatic rings. The Morgan fingerprint density at radius 2 is 2.00 bits per heavy atom. The number of halogens is 1. The molecule has 1 heterocycles. The largest absolute Gasteiger partial charge is 0.346 e. The van der Waals surface area contributed by atoms with Crippen LogP contribution in [0.1, 0.15) is 21.6 Å². The van der Waals surface area contributed by atoms with Gasteiger partial charge >= 0.3 is 5.91 Å². The molecule has 1 aromatic carbocycles. The van der Waals surface area contributed by atoms with Crippen LogP contribution in [0.15, 0.2) is 30.3 Å². The number of nitro groups is 1. The fourth-order valence-corrected chi connectivity index (χ4v) is 2.17. The highest BCUT2D eigenvalue weighted by Gasteiger charge is 2.24. The minimum absolute atomic E-state index is 0.0833. The lowest BCUT2D eigenvalue weighted by atomic mass is 10.1. The number of nitrogens with one attached hydrogen (secondary N) is 2. The van der Waals surface area contributed by atoms with Crippen LogP contribution in [0, 0.1) is 24.0 Å². The first kappa shape index (κ1) is 14.9. The molecule has 108 valence electrons. The molecule has 6 nitrogen and oxygen atoms in total. The third-order valence-corrected chi connectivity index (χ3v) is 3.03. The van der Waals surface area contributed by atoms with E-state index in [-0.39, 0.29) is 16.3 Å². The summed E-state index contributed by atoms with van der Waals surface area (Å²) in [6, 6.07) is 7.51. The van der Waals surface area contributed by atoms with E-state index in [4.69, 9.17) is 11.6 Å². The van der Waals surface area contributed by atoms with Crippen molar-refractivity contribution >= 4 is 29.0 Å². The van der Waals surface area contributed by atoms with E-state index in [2.05, 4.69) is 10.3 Å². The summed E-state index contributed by atoms with van der Waals surface area (Å²) in [4.78, 5) is 25.6. The van der Waals surface area contributed by atoms with Crippen molar-refractivity contribution in [1.29, 1.82) is 0 Å². The van der Waals surface area contributed by atoms with E-state index in [9.17, 15) is 14.9 Å². The van der Waals surface area contributed by atoms with Crippen LogP contribution in [-0.4, -0.2) is 10.8 Å². The van der Waals surface area contributed by atoms with Gasteiger partial charge < -0.3 is 0 Å². The molecular formula is C14H13ClN3O3+. The second-order valence-electron chi connectivity index (χ2n) is 4.63. The topological polar surface area (TPSA) is 86.4 Å². The van der Waals surface area contributed by atoms with Gasteiger partial charge in [0.1, 0.15) is 5.56 Å². The quantitative estimate of drug-likeness (QED) is 0.698. The summed E-state index contributed by atoms with van der Waals surface area (Å²) in [5, 5.41) is 13.8. The molecule has 0 bridgehead atoms. The lowest BCUT2D eigenvalue weighted by Crippen LogP contribution is -2.22. The van der Waals surface area contributed by atoms with Crippen molar-refractivity contribution in [2.24, 2.45) is 0 Å². The van der Waals surface area contributed by atoms with Crippen molar-refractivity contribution < 1.29 is 14.7 Å². The Hall–Kier alpha value is -2.47. The zero-order valence-corrected chi connectivity index (χ0v) is 12.2. The zero-order chi connectivity index (χ0) is 15.6. The smallest absolute Gasteiger partial charge is 0.258 e. The molecule has 1 aromatic heterocycles. The molecule has 0 fully saturated rings. The molecule has 0 unspecified atom stereocenters. The fourth-order valence-electron chi connectivity index (χ4n) is 2.00. The Balaban J connectivity index is 2.36. The second kappa shape index (κ2) is 5.88. The number of aromatic amines is 1. The molecule has 0 atom stereocenters. The minimum atomic E-state index is -0.615. The molecule has 1 amide bonds. The second-order valence-corrected chi connectivity index (χ2v) is 5.06. The standard InChI is InChI=1S/C14H12ClN3O3/c1-8-5-9(2)16-13(6-8)17-14(19)11-7-10(15)3-4-12(11)18(20)21/h3-7H,1-2H3,(H,16,17,19)/p+1. The van der Waals surface area contributed by atoms with Crippen molar-refractivity contribution in [1.82, 2.24) is 0 Å². The van der Waals surface area contributed by atoms with E-state index in [1.807, 2.05) is 19.9 Å². The number of aryl methyl sites for hydroxylation is 2. The Bertz CT molecular complexity index is 711. The highest BCUT2D eigenvalue weighted by atomic mass is 35.5. The number of benzene rings is 1. The van der Waals surface area contributed by atoms with Crippen LogP contribution in [0.3, 0.4) is 0 Å². The minimum Gasteiger partial charge on any atom is -0.258 e. The van der Waals surface area contributed by atoms with E-state index in [1.165, 1.54) is 18.2 Å². The third kappa shape index (κ3) is 3.55. The summed E-state index contributed by atoms with van der Waals surface area (Å²) in [5.41, 5.74) is 1.45. The average molecular weight is 307 g/mol. The van der Waals surface area contributed by atoms with Crippen LogP contribution in [0.5, 0.6) is 0 Å². The first-order valence-corrected chi connectivity index (χ1v) is 6.50. The molecule has 0 radical (unpaired) electrons. The predicted molar refractivity (Wildman–Crippen MR) is 78.5 cm³/mol. The van der Waals surface area contributed by atoms with Crippen molar-refractivity contribution in [3.8, 4) is 0 Å². The maximum atomic E-state index is 12.2. The van der Waals surface area contributed by atoms with E-state index < -0.39 is 10.8 Å². The zero-order valence-electron chi connectivity index (χ0n) is 11.4. The van der Waals surface area contributed by atoms with Gasteiger partial charge in [0.15, 0.2) is 0 Å². The lowest BCUT2D eigenvalue weighted by molar-refractivity contribution is -0.385. The number of nitrogens with zero attached hydrogens (tertiary/aromatic N) is 1. The molecular weight excluding hydrogens is 294 g/mol. The summed E-state index contributed by atoms with van der Waals surface area (Å²) < 4.78 is 0. The Kier molecular flexibility index (Phi) is 4.18. The molecule has 0 saturated heterocycles. The average Bonchev–Trinajstić information content (AvgIpc) is 2.36. The van der Waals surface area contributed by atoms with Gasteiger partial charge in [-0.1, -0.05) is 11.6 Å². The summed E-state index contributed by atoms with van der Waals surface area (Å²) in [5.74, 6) is -0.128. The number of amides is 1. The maximum Gasteiger partial charge on any atom is 0.346 e. The molecule has 2 aromatic rings. The molecule has 0 aliphatic carbocycles. The number of H-pyrrole nitrogens is 1. The van der Waals surface area contributed by atoms with Crippen LogP contribution in [0.4, 0.5) is 11.5 Å². The van der Waals surface area contributed by atoms with Gasteiger partial charge in [-0.3, -0.25) is 10.1 Å². The van der Waals surface area contributed by atoms with Crippen LogP contribution in [-0.2, 0) is 0 Å². The van der Waals surface area contributed by atoms with Gasteiger partial charge in [-0.05, 0) is 37.6 Å². The van der Waals surface area contributed by atoms with Crippen molar-refractivity contribution in [3.63, 3.8) is 0 Å². The van der Waals surface area contributed by atoms with E-state index >= 15 is 0 Å². The molecule has 2 N–H and O–H groups in total. The normalized spacial score (nSPS) is 10.2. The summed E-state index contributed by atoms with van der Waals surface area (Å²) in [6.07, 6.45) is 0. The van der Waals surface area contributed by atoms with E-state index in [1.54, 1.807) is 6.07 Å². The van der Waals surface area contributed by atoms with Crippen LogP contribution >= 0.6 is 11.6 Å². The summed E-state index contributed by atoms with van der Waals surface area (Å²) >= 11 is 5.81. The Morgan fingerprint density at radius 1 is 1.29 bits per heavy atom. The first-order valence-electron chi connectivity index (χ1n) is 6.12. The number of hydrogen-bond acceptors (Lipinski definition) is 3. The first-order chi connectivity index (χ1) is 9.86. The van der Waals surface area contributed by atoms with Gasteiger partial charge in [0, 0.05) is 17.2 Å². The van der Waals surface area contributed by atoms with Gasteiger partial charge in [0.25, 0.3) is 11.5 Å². The highest BCUT2D eigenvalue weighted by Crippen LogP contribution is 2.23. The molecule has 0 saturated carbocycles. The molecule has 21 heavy (non-hydrogen) atoms. The monoisotopic (exact) mass is 306 g/mol. The van der Waals surface area contributed by atoms with Crippen LogP contribution in [0.2, 0.25) is 5.02 Å². The van der Waals surface area contributed by atoms with Gasteiger partial charge in [0.05, 0.1) is 10.6 Å². The van der Waals surface area contributed by atoms with Crippen LogP contribution in [0.25, 0.3) is 0 Å². The lowest BCUT2D eigenvalue weighted by Gasteiger charge is -2.02. The van der Waals surface area contributed by atoms with Crippen molar-refractivity contribution in [3.05, 3.63) is 62.3 Å². The highest BCUT2D eigenvalue weighted by molar-refractivity contribution is 6.31. The SMILES string of the molecule is Cc1cc(C)[nH+]c(NC(=O)c2cc(Cl)ccc2[N+](=O)[O-])c1. The molecule has 0 spiro atoms. The van der Waals surface area contributed by atoms with Crippen molar-refractivity contribution in [2.75, 3.05) is 5.32 Å². The van der Waals surface area contributed by atoms with Crippen molar-refractivity contribution in [2.45, 2.75) is 13.8 Å². The number of rotatable bonds is 3. The Morgan fingerprint density at radius 3 is 2.62 bits per heavy atom. The van der Waals surface area contributed by atoms with Gasteiger partial charge in [-0.25, -0.2) is 15.1 Å². The third-order valence-electron chi connectivity index (χ3n) is 2.80. The number of anilines is 1. The van der Waals surface area contributed by atoms with Gasteiger partial charge in [0.2, 0.25) is 0 Å². The molecule has 2 rings (SSSR count). The molecule has 7 heteroatoms. The number of pyridine rings is 1. The van der Waals surface area contributed by atoms with E-state index in [0.717, 1.165) is 11.3 Å². The van der Waals surface area contributed by atoms with Gasteiger partial charge in [-0.15, -0.1) is 0 Å². The van der Waals surface area contributed by atoms with Gasteiger partial charge in [-0.2, -0.15) is 0 Å². The number of carbonyl (C=O) groups is 1. The molecule has 0 aliphatic heterocycles. The summed E-state index contributed by atoms with van der Waals surface area (Å²) in [6.45, 7) is 3.74. The number of hydrogen-bond donors (Lipinski definition) is 1. The predicted octanol–water partition coefficient (Wildman–Crippen LogP) is 2.93. The Labute approximate surface area is 125 Å².